The number of hydrogen-bond donors (Lipinski definition) is 0. The van der Waals surface area contributed by atoms with Crippen LogP contribution in [0.25, 0.3) is 30.7 Å². The summed E-state index contributed by atoms with van der Waals surface area (Å²) in [6.45, 7) is 0. The molecule has 0 fully saturated rings. The molecule has 11 rings (SSSR count). The molecule has 1 aliphatic heterocycles. The van der Waals surface area contributed by atoms with Gasteiger partial charge in [0.15, 0.2) is 0 Å². The van der Waals surface area contributed by atoms with E-state index in [2.05, 4.69) is 180 Å². The Hall–Kier alpha value is -6.26. The number of benzene rings is 7. The third kappa shape index (κ3) is 4.09. The normalized spacial score (nSPS) is 13.5. The number of hydrogen-bond acceptors (Lipinski definition) is 4. The van der Waals surface area contributed by atoms with Crippen molar-refractivity contribution in [1.82, 2.24) is 9.97 Å². The molecule has 0 N–H and O–H groups in total. The van der Waals surface area contributed by atoms with Gasteiger partial charge in [-0.15, -0.1) is 0 Å². The molecule has 0 saturated carbocycles. The van der Waals surface area contributed by atoms with Gasteiger partial charge in [-0.2, -0.15) is 0 Å². The maximum absolute atomic E-state index is 4.72. The molecule has 7 aromatic carbocycles. The molecule has 9 aromatic rings. The molecular weight excluding hydrogens is 700 g/mol. The van der Waals surface area contributed by atoms with Crippen molar-refractivity contribution in [2.45, 2.75) is 5.41 Å². The van der Waals surface area contributed by atoms with Gasteiger partial charge in [0.05, 0.1) is 0 Å². The van der Waals surface area contributed by atoms with Crippen LogP contribution in [0, 0.1) is 0 Å². The van der Waals surface area contributed by atoms with Crippen molar-refractivity contribution in [2.75, 3.05) is 9.80 Å². The molecule has 0 bridgehead atoms. The van der Waals surface area contributed by atoms with Crippen LogP contribution in [-0.2, 0) is 5.41 Å². The van der Waals surface area contributed by atoms with Gasteiger partial charge in [-0.1, -0.05) is 12.1 Å². The summed E-state index contributed by atoms with van der Waals surface area (Å²) in [5.41, 5.74) is 15.1. The summed E-state index contributed by atoms with van der Waals surface area (Å²) in [4.78, 5) is 14.3. The van der Waals surface area contributed by atoms with Crippen LogP contribution >= 0.6 is 0 Å². The molecule has 2 aromatic heterocycles. The van der Waals surface area contributed by atoms with Crippen LogP contribution in [0.5, 0.6) is 0 Å². The Morgan fingerprint density at radius 3 is 1.79 bits per heavy atom. The van der Waals surface area contributed by atoms with Gasteiger partial charge in [-0.3, -0.25) is 0 Å². The molecule has 0 amide bonds. The molecule has 4 nitrogen and oxygen atoms in total. The Morgan fingerprint density at radius 2 is 1.08 bits per heavy atom. The van der Waals surface area contributed by atoms with E-state index in [9.17, 15) is 0 Å². The zero-order chi connectivity index (χ0) is 34.2. The standard InChI is InChI=1S/C47H30N4Se/c1-3-13-31(14-4-1)50(32-15-5-2-6-16-32)33-24-26-43-41(29-33)47(38-19-9-7-17-35(38)36-18-8-10-20-39(36)47)40-21-11-12-22-42(40)51(43)34-23-25-37-44(30-34)52-46-45(37)48-27-28-49-46/h1-30H. The second kappa shape index (κ2) is 11.4. The number of para-hydroxylation sites is 3. The van der Waals surface area contributed by atoms with E-state index in [1.807, 2.05) is 6.20 Å². The number of rotatable bonds is 4. The Bertz CT molecular complexity index is 2740. The molecule has 0 saturated heterocycles. The maximum atomic E-state index is 4.72. The van der Waals surface area contributed by atoms with Crippen LogP contribution in [0.15, 0.2) is 182 Å². The van der Waals surface area contributed by atoms with Gasteiger partial charge in [0.1, 0.15) is 0 Å². The van der Waals surface area contributed by atoms with Crippen LogP contribution in [-0.4, -0.2) is 24.5 Å². The average Bonchev–Trinajstić information content (AvgIpc) is 3.73. The van der Waals surface area contributed by atoms with Crippen molar-refractivity contribution in [2.24, 2.45) is 0 Å². The fourth-order valence-electron chi connectivity index (χ4n) is 8.73. The van der Waals surface area contributed by atoms with Crippen LogP contribution in [0.3, 0.4) is 0 Å². The first-order valence-electron chi connectivity index (χ1n) is 17.6. The van der Waals surface area contributed by atoms with Gasteiger partial charge in [0, 0.05) is 0 Å². The van der Waals surface area contributed by atoms with Crippen LogP contribution < -0.4 is 9.80 Å². The van der Waals surface area contributed by atoms with E-state index >= 15 is 0 Å². The summed E-state index contributed by atoms with van der Waals surface area (Å²) in [5, 5.41) is 1.20. The Morgan fingerprint density at radius 1 is 0.481 bits per heavy atom. The first-order valence-corrected chi connectivity index (χ1v) is 19.3. The molecule has 0 radical (unpaired) electrons. The van der Waals surface area contributed by atoms with E-state index in [0.717, 1.165) is 32.7 Å². The van der Waals surface area contributed by atoms with Gasteiger partial charge < -0.3 is 0 Å². The average molecular weight is 730 g/mol. The number of fused-ring (bicyclic) bond motifs is 12. The fourth-order valence-corrected chi connectivity index (χ4v) is 10.9. The van der Waals surface area contributed by atoms with E-state index in [4.69, 9.17) is 9.97 Å². The van der Waals surface area contributed by atoms with Crippen LogP contribution in [0.2, 0.25) is 0 Å². The van der Waals surface area contributed by atoms with Crippen molar-refractivity contribution in [3.05, 3.63) is 205 Å². The molecule has 5 heteroatoms. The SMILES string of the molecule is c1ccc(N(c2ccccc2)c2ccc3c(c2)C2(c4ccccc4-c4ccccc42)c2ccccc2N3c2ccc3c(c2)[se]c2nccnc23)cc1. The molecule has 1 spiro atoms. The topological polar surface area (TPSA) is 32.3 Å². The molecule has 0 unspecified atom stereocenters. The molecule has 52 heavy (non-hydrogen) atoms. The minimum atomic E-state index is -0.532. The zero-order valence-corrected chi connectivity index (χ0v) is 29.7. The summed E-state index contributed by atoms with van der Waals surface area (Å²) in [5.74, 6) is 0. The van der Waals surface area contributed by atoms with Crippen molar-refractivity contribution in [1.29, 1.82) is 0 Å². The summed E-state index contributed by atoms with van der Waals surface area (Å²) >= 11 is 0.0906. The quantitative estimate of drug-likeness (QED) is 0.169. The first-order chi connectivity index (χ1) is 25.8. The van der Waals surface area contributed by atoms with Crippen LogP contribution in [0.1, 0.15) is 22.3 Å². The number of aromatic nitrogens is 2. The fraction of sp³-hybridized carbons (Fsp3) is 0.0213. The third-order valence-electron chi connectivity index (χ3n) is 10.8. The summed E-state index contributed by atoms with van der Waals surface area (Å²) < 4.78 is 2.42. The van der Waals surface area contributed by atoms with Crippen molar-refractivity contribution >= 4 is 68.2 Å². The van der Waals surface area contributed by atoms with Gasteiger partial charge in [0.2, 0.25) is 0 Å². The molecule has 244 valence electrons. The minimum absolute atomic E-state index is 0.0906. The van der Waals surface area contributed by atoms with Gasteiger partial charge in [-0.05, 0) is 0 Å². The summed E-state index contributed by atoms with van der Waals surface area (Å²) in [6.07, 6.45) is 3.62. The predicted octanol–water partition coefficient (Wildman–Crippen LogP) is 11.5. The van der Waals surface area contributed by atoms with Gasteiger partial charge in [-0.25, -0.2) is 0 Å². The van der Waals surface area contributed by atoms with Gasteiger partial charge in [0.25, 0.3) is 0 Å². The first kappa shape index (κ1) is 29.5. The van der Waals surface area contributed by atoms with Crippen molar-refractivity contribution in [3.63, 3.8) is 0 Å². The van der Waals surface area contributed by atoms with E-state index in [1.165, 1.54) is 54.4 Å². The van der Waals surface area contributed by atoms with Gasteiger partial charge >= 0.3 is 297 Å². The molecule has 3 heterocycles. The van der Waals surface area contributed by atoms with E-state index in [-0.39, 0.29) is 14.5 Å². The monoisotopic (exact) mass is 730 g/mol. The number of nitrogens with zero attached hydrogens (tertiary/aromatic N) is 4. The summed E-state index contributed by atoms with van der Waals surface area (Å²) in [6, 6.07) is 62.5. The Labute approximate surface area is 307 Å². The van der Waals surface area contributed by atoms with E-state index < -0.39 is 5.41 Å². The molecular formula is C47H30N4Se. The zero-order valence-electron chi connectivity index (χ0n) is 28.0. The third-order valence-corrected chi connectivity index (χ3v) is 13.0. The van der Waals surface area contributed by atoms with Crippen molar-refractivity contribution in [3.8, 4) is 11.1 Å². The Kier molecular flexibility index (Phi) is 6.45. The molecule has 2 aliphatic rings. The van der Waals surface area contributed by atoms with E-state index in [0.29, 0.717) is 0 Å². The number of anilines is 6. The molecule has 1 aliphatic carbocycles. The molecule has 0 atom stereocenters. The van der Waals surface area contributed by atoms with Crippen LogP contribution in [0.4, 0.5) is 34.1 Å². The second-order valence-electron chi connectivity index (χ2n) is 13.4. The van der Waals surface area contributed by atoms with Crippen molar-refractivity contribution < 1.29 is 0 Å². The van der Waals surface area contributed by atoms with E-state index in [1.54, 1.807) is 6.20 Å². The predicted molar refractivity (Wildman–Crippen MR) is 214 cm³/mol. The Balaban J connectivity index is 1.24. The second-order valence-corrected chi connectivity index (χ2v) is 15.6. The summed E-state index contributed by atoms with van der Waals surface area (Å²) in [7, 11) is 0.